The van der Waals surface area contributed by atoms with Crippen molar-refractivity contribution in [1.29, 1.82) is 0 Å². The van der Waals surface area contributed by atoms with Gasteiger partial charge in [-0.25, -0.2) is 9.18 Å². The van der Waals surface area contributed by atoms with E-state index < -0.39 is 35.0 Å². The summed E-state index contributed by atoms with van der Waals surface area (Å²) in [6, 6.07) is 17.3. The summed E-state index contributed by atoms with van der Waals surface area (Å²) in [6.45, 7) is 5.80. The third-order valence-corrected chi connectivity index (χ3v) is 8.48. The van der Waals surface area contributed by atoms with Crippen molar-refractivity contribution in [3.05, 3.63) is 101 Å². The molecular weight excluding hydrogens is 626 g/mol. The zero-order valence-electron chi connectivity index (χ0n) is 27.2. The molecule has 3 amide bonds. The summed E-state index contributed by atoms with van der Waals surface area (Å²) in [7, 11) is 0. The molecule has 4 aromatic rings. The molecule has 3 aromatic carbocycles. The van der Waals surface area contributed by atoms with Gasteiger partial charge in [0, 0.05) is 30.1 Å². The van der Waals surface area contributed by atoms with Crippen molar-refractivity contribution in [2.75, 3.05) is 13.2 Å². The number of hydrogen-bond donors (Lipinski definition) is 1. The van der Waals surface area contributed by atoms with Gasteiger partial charge in [0.05, 0.1) is 23.8 Å². The first-order valence-corrected chi connectivity index (χ1v) is 16.2. The Morgan fingerprint density at radius 1 is 0.958 bits per heavy atom. The van der Waals surface area contributed by atoms with Gasteiger partial charge in [0.25, 0.3) is 5.91 Å². The standard InChI is InChI=1S/C37H39F4N3O4/c1-4-36(27-17-18-31(30(38)22-27)48-24(2)3)34(45)44(35(46)43-36)19-10-5-6-11-20-47-33-26(21-25-13-8-7-9-14-25)23-42-32-28(33)15-12-16-29(32)37(39,40)41/h7-9,12-18,22-24H,4-6,10-11,19-21H2,1-3H3,(H,43,46). The maximum atomic E-state index is 14.8. The van der Waals surface area contributed by atoms with Crippen LogP contribution in [0.5, 0.6) is 11.5 Å². The molecule has 2 heterocycles. The predicted molar refractivity (Wildman–Crippen MR) is 174 cm³/mol. The zero-order chi connectivity index (χ0) is 34.5. The van der Waals surface area contributed by atoms with Gasteiger partial charge in [-0.3, -0.25) is 14.7 Å². The van der Waals surface area contributed by atoms with E-state index in [0.29, 0.717) is 54.4 Å². The minimum Gasteiger partial charge on any atom is -0.493 e. The van der Waals surface area contributed by atoms with Gasteiger partial charge >= 0.3 is 12.2 Å². The molecule has 1 saturated heterocycles. The van der Waals surface area contributed by atoms with Crippen molar-refractivity contribution in [3.63, 3.8) is 0 Å². The molecule has 5 rings (SSSR count). The molecule has 1 aliphatic heterocycles. The Hall–Kier alpha value is -4.67. The maximum absolute atomic E-state index is 14.8. The first kappa shape index (κ1) is 34.7. The van der Waals surface area contributed by atoms with E-state index in [1.807, 2.05) is 30.3 Å². The largest absolute Gasteiger partial charge is 0.493 e. The highest BCUT2D eigenvalue weighted by atomic mass is 19.4. The van der Waals surface area contributed by atoms with Gasteiger partial charge in [0.15, 0.2) is 11.6 Å². The van der Waals surface area contributed by atoms with Crippen LogP contribution in [0.25, 0.3) is 10.9 Å². The third kappa shape index (κ3) is 7.40. The van der Waals surface area contributed by atoms with Crippen LogP contribution in [0.15, 0.2) is 72.9 Å². The number of fused-ring (bicyclic) bond motifs is 1. The molecule has 7 nitrogen and oxygen atoms in total. The number of alkyl halides is 3. The van der Waals surface area contributed by atoms with E-state index in [1.54, 1.807) is 32.9 Å². The number of hydrogen-bond acceptors (Lipinski definition) is 5. The number of carbonyl (C=O) groups is 2. The van der Waals surface area contributed by atoms with Gasteiger partial charge in [-0.1, -0.05) is 62.2 Å². The van der Waals surface area contributed by atoms with E-state index in [4.69, 9.17) is 9.47 Å². The molecule has 254 valence electrons. The van der Waals surface area contributed by atoms with Crippen LogP contribution < -0.4 is 14.8 Å². The van der Waals surface area contributed by atoms with Crippen LogP contribution in [0, 0.1) is 5.82 Å². The molecule has 0 bridgehead atoms. The molecule has 0 saturated carbocycles. The summed E-state index contributed by atoms with van der Waals surface area (Å²) in [6.07, 6.45) is -0.0951. The van der Waals surface area contributed by atoms with E-state index in [0.717, 1.165) is 11.6 Å². The van der Waals surface area contributed by atoms with Crippen LogP contribution in [-0.4, -0.2) is 41.1 Å². The van der Waals surface area contributed by atoms with Crippen LogP contribution in [0.4, 0.5) is 22.4 Å². The quantitative estimate of drug-likeness (QED) is 0.0830. The molecule has 11 heteroatoms. The number of nitrogens with one attached hydrogen (secondary N) is 1. The average molecular weight is 666 g/mol. The second-order valence-corrected chi connectivity index (χ2v) is 12.2. The van der Waals surface area contributed by atoms with Crippen LogP contribution in [0.1, 0.15) is 75.1 Å². The predicted octanol–water partition coefficient (Wildman–Crippen LogP) is 8.57. The topological polar surface area (TPSA) is 80.8 Å². The van der Waals surface area contributed by atoms with Crippen molar-refractivity contribution < 1.29 is 36.6 Å². The lowest BCUT2D eigenvalue weighted by Gasteiger charge is -2.26. The van der Waals surface area contributed by atoms with E-state index >= 15 is 0 Å². The van der Waals surface area contributed by atoms with E-state index in [9.17, 15) is 27.2 Å². The fourth-order valence-corrected chi connectivity index (χ4v) is 6.06. The highest BCUT2D eigenvalue weighted by Gasteiger charge is 2.51. The smallest absolute Gasteiger partial charge is 0.418 e. The van der Waals surface area contributed by atoms with Crippen molar-refractivity contribution in [2.45, 2.75) is 77.1 Å². The number of aromatic nitrogens is 1. The summed E-state index contributed by atoms with van der Waals surface area (Å²) in [5.41, 5.74) is -0.312. The molecule has 1 unspecified atom stereocenters. The fraction of sp³-hybridized carbons (Fsp3) is 0.378. The van der Waals surface area contributed by atoms with Crippen molar-refractivity contribution >= 4 is 22.8 Å². The van der Waals surface area contributed by atoms with Gasteiger partial charge in [-0.05, 0) is 68.5 Å². The molecule has 48 heavy (non-hydrogen) atoms. The summed E-state index contributed by atoms with van der Waals surface area (Å²) >= 11 is 0. The lowest BCUT2D eigenvalue weighted by molar-refractivity contribution is -0.136. The molecule has 1 N–H and O–H groups in total. The average Bonchev–Trinajstić information content (AvgIpc) is 3.30. The van der Waals surface area contributed by atoms with Gasteiger partial charge in [0.2, 0.25) is 0 Å². The second-order valence-electron chi connectivity index (χ2n) is 12.2. The Kier molecular flexibility index (Phi) is 10.6. The number of ether oxygens (including phenoxy) is 2. The molecule has 1 fully saturated rings. The van der Waals surface area contributed by atoms with Gasteiger partial charge in [0.1, 0.15) is 11.3 Å². The first-order valence-electron chi connectivity index (χ1n) is 16.2. The highest BCUT2D eigenvalue weighted by molar-refractivity contribution is 6.07. The Labute approximate surface area is 277 Å². The van der Waals surface area contributed by atoms with Gasteiger partial charge in [-0.15, -0.1) is 0 Å². The van der Waals surface area contributed by atoms with Crippen molar-refractivity contribution in [1.82, 2.24) is 15.2 Å². The Bertz CT molecular complexity index is 1760. The molecule has 0 radical (unpaired) electrons. The monoisotopic (exact) mass is 665 g/mol. The lowest BCUT2D eigenvalue weighted by Crippen LogP contribution is -2.43. The minimum absolute atomic E-state index is 0.0770. The lowest BCUT2D eigenvalue weighted by atomic mass is 9.87. The first-order chi connectivity index (χ1) is 22.9. The molecule has 1 atom stereocenters. The van der Waals surface area contributed by atoms with Crippen LogP contribution in [0.2, 0.25) is 0 Å². The molecule has 1 aliphatic rings. The van der Waals surface area contributed by atoms with Gasteiger partial charge in [-0.2, -0.15) is 13.2 Å². The van der Waals surface area contributed by atoms with Crippen LogP contribution >= 0.6 is 0 Å². The number of pyridine rings is 1. The SMILES string of the molecule is CCC1(c2ccc(OC(C)C)c(F)c2)NC(=O)N(CCCCCCOc2c(Cc3ccccc3)cnc3c(C(F)(F)F)cccc23)C1=O. The molecular formula is C37H39F4N3O4. The highest BCUT2D eigenvalue weighted by Crippen LogP contribution is 2.39. The van der Waals surface area contributed by atoms with Gasteiger partial charge < -0.3 is 14.8 Å². The Morgan fingerprint density at radius 2 is 1.71 bits per heavy atom. The summed E-state index contributed by atoms with van der Waals surface area (Å²) < 4.78 is 67.7. The fourth-order valence-electron chi connectivity index (χ4n) is 6.06. The number of urea groups is 1. The second kappa shape index (κ2) is 14.6. The third-order valence-electron chi connectivity index (χ3n) is 8.48. The molecule has 0 aliphatic carbocycles. The van der Waals surface area contributed by atoms with Crippen LogP contribution in [0.3, 0.4) is 0 Å². The summed E-state index contributed by atoms with van der Waals surface area (Å²) in [5, 5.41) is 3.09. The van der Waals surface area contributed by atoms with E-state index in [2.05, 4.69) is 10.3 Å². The number of rotatable bonds is 14. The van der Waals surface area contributed by atoms with Crippen LogP contribution in [-0.2, 0) is 22.9 Å². The number of para-hydroxylation sites is 1. The number of carbonyl (C=O) groups excluding carboxylic acids is 2. The van der Waals surface area contributed by atoms with Crippen molar-refractivity contribution in [3.8, 4) is 11.5 Å². The number of amides is 3. The summed E-state index contributed by atoms with van der Waals surface area (Å²) in [5.74, 6) is -0.577. The Balaban J connectivity index is 1.19. The number of benzene rings is 3. The van der Waals surface area contributed by atoms with Crippen molar-refractivity contribution in [2.24, 2.45) is 0 Å². The van der Waals surface area contributed by atoms with E-state index in [-0.39, 0.29) is 36.9 Å². The minimum atomic E-state index is -4.56. The number of imide groups is 1. The zero-order valence-corrected chi connectivity index (χ0v) is 27.2. The van der Waals surface area contributed by atoms with E-state index in [1.165, 1.54) is 29.3 Å². The Morgan fingerprint density at radius 3 is 2.40 bits per heavy atom. The maximum Gasteiger partial charge on any atom is 0.418 e. The molecule has 0 spiro atoms. The summed E-state index contributed by atoms with van der Waals surface area (Å²) in [4.78, 5) is 31.8. The number of halogens is 4. The number of unbranched alkanes of at least 4 members (excludes halogenated alkanes) is 3. The normalized spacial score (nSPS) is 16.5. The molecule has 1 aromatic heterocycles. The number of nitrogens with zero attached hydrogens (tertiary/aromatic N) is 2.